The summed E-state index contributed by atoms with van der Waals surface area (Å²) in [4.78, 5) is 9.34. The zero-order valence-corrected chi connectivity index (χ0v) is 13.8. The Bertz CT molecular complexity index is 736. The van der Waals surface area contributed by atoms with Crippen molar-refractivity contribution >= 4 is 44.8 Å². The topological polar surface area (TPSA) is 85.9 Å². The Morgan fingerprint density at radius 1 is 1.30 bits per heavy atom. The normalized spacial score (nSPS) is 13.2. The number of rotatable bonds is 3. The van der Waals surface area contributed by atoms with E-state index in [2.05, 4.69) is 30.7 Å². The van der Waals surface area contributed by atoms with Crippen LogP contribution in [0.3, 0.4) is 0 Å². The third-order valence-corrected chi connectivity index (χ3v) is 5.49. The van der Waals surface area contributed by atoms with Crippen LogP contribution in [0.15, 0.2) is 16.6 Å². The average Bonchev–Trinajstić information content (AvgIpc) is 2.94. The van der Waals surface area contributed by atoms with E-state index in [-0.39, 0.29) is 10.4 Å². The van der Waals surface area contributed by atoms with Gasteiger partial charge in [-0.2, -0.15) is 0 Å². The van der Waals surface area contributed by atoms with Crippen molar-refractivity contribution in [1.82, 2.24) is 9.97 Å². The van der Waals surface area contributed by atoms with Gasteiger partial charge in [-0.15, -0.1) is 22.7 Å². The van der Waals surface area contributed by atoms with Crippen LogP contribution in [0.5, 0.6) is 0 Å². The van der Waals surface area contributed by atoms with Gasteiger partial charge in [0, 0.05) is 21.9 Å². The molecule has 0 amide bonds. The van der Waals surface area contributed by atoms with E-state index in [9.17, 15) is 8.42 Å². The molecule has 0 atom stereocenters. The molecule has 2 heterocycles. The first-order valence-corrected chi connectivity index (χ1v) is 9.03. The quantitative estimate of drug-likeness (QED) is 0.938. The molecule has 2 aromatic heterocycles. The number of nitrogens with two attached hydrogens (primary N) is 1. The molecule has 0 saturated heterocycles. The van der Waals surface area contributed by atoms with Gasteiger partial charge in [-0.05, 0) is 12.2 Å². The molecule has 5 nitrogen and oxygen atoms in total. The van der Waals surface area contributed by atoms with E-state index in [1.165, 1.54) is 16.7 Å². The van der Waals surface area contributed by atoms with E-state index in [0.717, 1.165) is 9.88 Å². The summed E-state index contributed by atoms with van der Waals surface area (Å²) in [6.45, 7) is 6.33. The second-order valence-corrected chi connectivity index (χ2v) is 8.68. The van der Waals surface area contributed by atoms with E-state index in [4.69, 9.17) is 5.14 Å². The van der Waals surface area contributed by atoms with Crippen molar-refractivity contribution in [1.29, 1.82) is 0 Å². The summed E-state index contributed by atoms with van der Waals surface area (Å²) in [7, 11) is -3.72. The predicted octanol–water partition coefficient (Wildman–Crippen LogP) is 2.71. The number of aromatic nitrogens is 2. The van der Waals surface area contributed by atoms with E-state index >= 15 is 0 Å². The molecule has 2 N–H and O–H groups in total. The van der Waals surface area contributed by atoms with E-state index in [1.54, 1.807) is 23.6 Å². The molecule has 0 bridgehead atoms. The lowest BCUT2D eigenvalue weighted by molar-refractivity contribution is 0.585. The van der Waals surface area contributed by atoms with Crippen molar-refractivity contribution in [2.24, 2.45) is 5.14 Å². The van der Waals surface area contributed by atoms with Crippen molar-refractivity contribution in [3.63, 3.8) is 0 Å². The van der Waals surface area contributed by atoms with Crippen molar-refractivity contribution in [2.75, 3.05) is 0 Å². The minimum atomic E-state index is -3.72. The number of sulfonamides is 1. The smallest absolute Gasteiger partial charge is 0.248 e. The molecule has 8 heteroatoms. The van der Waals surface area contributed by atoms with Gasteiger partial charge in [0.1, 0.15) is 5.01 Å². The molecule has 0 unspecified atom stereocenters. The van der Waals surface area contributed by atoms with Crippen LogP contribution in [-0.2, 0) is 15.4 Å². The fraction of sp³-hybridized carbons (Fsp3) is 0.333. The number of hydrogen-bond acceptors (Lipinski definition) is 6. The van der Waals surface area contributed by atoms with Crippen LogP contribution in [-0.4, -0.2) is 18.4 Å². The van der Waals surface area contributed by atoms with Gasteiger partial charge in [-0.25, -0.2) is 23.5 Å². The molecule has 20 heavy (non-hydrogen) atoms. The van der Waals surface area contributed by atoms with Crippen LogP contribution in [0.1, 0.15) is 35.7 Å². The largest absolute Gasteiger partial charge is 0.256 e. The summed E-state index contributed by atoms with van der Waals surface area (Å²) in [6.07, 6.45) is 5.44. The molecule has 2 aromatic rings. The first kappa shape index (κ1) is 15.3. The molecule has 0 aliphatic rings. The number of hydrogen-bond donors (Lipinski definition) is 1. The van der Waals surface area contributed by atoms with Crippen LogP contribution >= 0.6 is 22.7 Å². The highest BCUT2D eigenvalue weighted by atomic mass is 32.2. The van der Waals surface area contributed by atoms with E-state index in [1.807, 2.05) is 6.08 Å². The molecule has 0 aliphatic heterocycles. The second kappa shape index (κ2) is 5.36. The highest BCUT2D eigenvalue weighted by molar-refractivity contribution is 7.89. The molecule has 0 spiro atoms. The molecule has 0 aliphatic carbocycles. The predicted molar refractivity (Wildman–Crippen MR) is 83.2 cm³/mol. The minimum Gasteiger partial charge on any atom is -0.248 e. The maximum atomic E-state index is 11.1. The summed E-state index contributed by atoms with van der Waals surface area (Å²) >= 11 is 2.84. The summed E-state index contributed by atoms with van der Waals surface area (Å²) in [5, 5.41) is 8.00. The van der Waals surface area contributed by atoms with Crippen LogP contribution < -0.4 is 5.14 Å². The minimum absolute atomic E-state index is 0.0265. The summed E-state index contributed by atoms with van der Waals surface area (Å²) in [5.41, 5.74) is 0.0265. The van der Waals surface area contributed by atoms with Crippen LogP contribution in [0.4, 0.5) is 0 Å². The van der Waals surface area contributed by atoms with Crippen molar-refractivity contribution in [2.45, 2.75) is 31.2 Å². The van der Waals surface area contributed by atoms with Gasteiger partial charge in [0.05, 0.1) is 5.01 Å². The molecule has 108 valence electrons. The van der Waals surface area contributed by atoms with Gasteiger partial charge in [0.15, 0.2) is 5.03 Å². The average molecular weight is 329 g/mol. The fourth-order valence-corrected chi connectivity index (χ4v) is 3.76. The van der Waals surface area contributed by atoms with Gasteiger partial charge in [0.2, 0.25) is 0 Å². The maximum Gasteiger partial charge on any atom is 0.256 e. The molecular formula is C12H15N3O2S3. The van der Waals surface area contributed by atoms with Crippen molar-refractivity contribution < 1.29 is 8.42 Å². The third-order valence-electron chi connectivity index (χ3n) is 2.35. The Labute approximate surface area is 126 Å². The summed E-state index contributed by atoms with van der Waals surface area (Å²) < 4.78 is 22.2. The highest BCUT2D eigenvalue weighted by Gasteiger charge is 2.17. The third kappa shape index (κ3) is 3.72. The number of primary sulfonamides is 1. The fourth-order valence-electron chi connectivity index (χ4n) is 1.34. The van der Waals surface area contributed by atoms with Gasteiger partial charge < -0.3 is 0 Å². The number of nitrogens with zero attached hydrogens (tertiary/aromatic N) is 2. The zero-order valence-electron chi connectivity index (χ0n) is 11.3. The van der Waals surface area contributed by atoms with E-state index < -0.39 is 10.0 Å². The van der Waals surface area contributed by atoms with Gasteiger partial charge in [0.25, 0.3) is 10.0 Å². The van der Waals surface area contributed by atoms with E-state index in [0.29, 0.717) is 5.01 Å². The SMILES string of the molecule is CC(C)(C)c1ncc(C=Cc2nc(S(N)(=O)=O)cs2)s1. The lowest BCUT2D eigenvalue weighted by Gasteiger charge is -2.13. The number of thiazole rings is 2. The molecular weight excluding hydrogens is 314 g/mol. The second-order valence-electron chi connectivity index (χ2n) is 5.22. The van der Waals surface area contributed by atoms with Gasteiger partial charge in [-0.3, -0.25) is 0 Å². The Kier molecular flexibility index (Phi) is 4.10. The molecule has 0 radical (unpaired) electrons. The zero-order chi connectivity index (χ0) is 15.0. The van der Waals surface area contributed by atoms with Crippen LogP contribution in [0.25, 0.3) is 12.2 Å². The maximum absolute atomic E-state index is 11.1. The first-order chi connectivity index (χ1) is 9.16. The molecule has 0 fully saturated rings. The van der Waals surface area contributed by atoms with Gasteiger partial charge >= 0.3 is 0 Å². The first-order valence-electron chi connectivity index (χ1n) is 5.79. The lowest BCUT2D eigenvalue weighted by atomic mass is 9.98. The van der Waals surface area contributed by atoms with Crippen LogP contribution in [0.2, 0.25) is 0 Å². The highest BCUT2D eigenvalue weighted by Crippen LogP contribution is 2.28. The summed E-state index contributed by atoms with van der Waals surface area (Å²) in [5.74, 6) is 0. The Balaban J connectivity index is 2.18. The Morgan fingerprint density at radius 2 is 2.00 bits per heavy atom. The molecule has 0 saturated carbocycles. The lowest BCUT2D eigenvalue weighted by Crippen LogP contribution is -2.12. The van der Waals surface area contributed by atoms with Crippen LogP contribution in [0, 0.1) is 0 Å². The standard InChI is InChI=1S/C12H15N3O2S3/c1-12(2,3)11-14-6-8(19-11)4-5-9-15-10(7-18-9)20(13,16)17/h4-7H,1-3H3,(H2,13,16,17). The van der Waals surface area contributed by atoms with Gasteiger partial charge in [-0.1, -0.05) is 20.8 Å². The molecule has 0 aromatic carbocycles. The monoisotopic (exact) mass is 329 g/mol. The molecule has 2 rings (SSSR count). The van der Waals surface area contributed by atoms with Crippen molar-refractivity contribution in [3.8, 4) is 0 Å². The van der Waals surface area contributed by atoms with Crippen molar-refractivity contribution in [3.05, 3.63) is 26.5 Å². The summed E-state index contributed by atoms with van der Waals surface area (Å²) in [6, 6.07) is 0. The Morgan fingerprint density at radius 3 is 2.50 bits per heavy atom. The Hall–Kier alpha value is -1.09.